The normalized spacial score (nSPS) is 12.6. The highest BCUT2D eigenvalue weighted by Gasteiger charge is 2.46. The lowest BCUT2D eigenvalue weighted by atomic mass is 9.33. The average molecular weight is 1300 g/mol. The summed E-state index contributed by atoms with van der Waals surface area (Å²) in [5.74, 6) is 0.656. The van der Waals surface area contributed by atoms with Gasteiger partial charge in [0.1, 0.15) is 0 Å². The zero-order valence-corrected chi connectivity index (χ0v) is 55.9. The second kappa shape index (κ2) is 22.5. The first kappa shape index (κ1) is 57.4. The molecule has 0 amide bonds. The maximum Gasteiger partial charge on any atom is 0.252 e. The Bertz CT molecular complexity index is 6310. The highest BCUT2D eigenvalue weighted by Crippen LogP contribution is 2.55. The van der Waals surface area contributed by atoms with E-state index in [1.165, 1.54) is 103 Å². The maximum absolute atomic E-state index is 5.78. The summed E-state index contributed by atoms with van der Waals surface area (Å²) in [4.78, 5) is 16.6. The van der Waals surface area contributed by atoms with E-state index in [0.717, 1.165) is 107 Å². The van der Waals surface area contributed by atoms with E-state index >= 15 is 0 Å². The lowest BCUT2D eigenvalue weighted by Crippen LogP contribution is -2.61. The van der Waals surface area contributed by atoms with Gasteiger partial charge in [0.15, 0.2) is 5.82 Å². The fourth-order valence-electron chi connectivity index (χ4n) is 17.8. The number of benzene rings is 19. The Morgan fingerprint density at radius 3 is 0.903 bits per heavy atom. The molecule has 4 nitrogen and oxygen atoms in total. The zero-order valence-electron chi connectivity index (χ0n) is 55.9. The van der Waals surface area contributed by atoms with Gasteiger partial charge < -0.3 is 9.80 Å². The molecular weight excluding hydrogens is 1240 g/mol. The smallest absolute Gasteiger partial charge is 0.252 e. The number of aromatic nitrogens is 2. The summed E-state index contributed by atoms with van der Waals surface area (Å²) in [5.41, 5.74) is 23.9. The molecule has 103 heavy (non-hydrogen) atoms. The van der Waals surface area contributed by atoms with Crippen LogP contribution in [0, 0.1) is 0 Å². The first-order valence-electron chi connectivity index (χ1n) is 35.6. The highest BCUT2D eigenvalue weighted by atomic mass is 15.2. The minimum atomic E-state index is -0.320. The van der Waals surface area contributed by atoms with Crippen molar-refractivity contribution in [1.82, 2.24) is 9.97 Å². The molecule has 0 radical (unpaired) electrons. The third kappa shape index (κ3) is 8.79. The second-order valence-electron chi connectivity index (χ2n) is 27.8. The Balaban J connectivity index is 0.963. The van der Waals surface area contributed by atoms with Crippen LogP contribution in [-0.2, 0) is 0 Å². The van der Waals surface area contributed by atoms with E-state index in [-0.39, 0.29) is 6.71 Å². The predicted octanol–water partition coefficient (Wildman–Crippen LogP) is 24.3. The molecule has 0 unspecified atom stereocenters. The Morgan fingerprint density at radius 1 is 0.214 bits per heavy atom. The number of fused-ring (bicyclic) bond motifs is 10. The SMILES string of the molecule is c1ccc(-c2cc(-c3ccccc3)cc(N3c4cc(-c5cc(-c6ccccc6)nc(-c6ccccc6)n5)cc5c4B(c4cc6c7cccc8cccc(c9cccc(c43)c96)c87)c3cc4c6cccc7cccc(c8cccc(c3N5c3cc(-c5ccccc5)cc(-c5ccccc5)c3)c84)c76)c2)cc1. The fourth-order valence-corrected chi connectivity index (χ4v) is 17.8. The number of anilines is 6. The Kier molecular flexibility index (Phi) is 12.6. The summed E-state index contributed by atoms with van der Waals surface area (Å²) in [6, 6.07) is 134. The third-order valence-electron chi connectivity index (χ3n) is 22.2. The molecule has 474 valence electrons. The van der Waals surface area contributed by atoms with Crippen LogP contribution in [-0.4, -0.2) is 16.7 Å². The minimum absolute atomic E-state index is 0.320. The van der Waals surface area contributed by atoms with Crippen LogP contribution in [0.1, 0.15) is 0 Å². The molecule has 0 saturated carbocycles. The number of hydrogen-bond acceptors (Lipinski definition) is 4. The summed E-state index contributed by atoms with van der Waals surface area (Å²) in [6.07, 6.45) is 0. The average Bonchev–Trinajstić information content (AvgIpc) is 0.663. The molecule has 0 spiro atoms. The van der Waals surface area contributed by atoms with Gasteiger partial charge in [0, 0.05) is 61.6 Å². The molecular formula is C98H59BN4. The van der Waals surface area contributed by atoms with Gasteiger partial charge in [-0.1, -0.05) is 303 Å². The Labute approximate surface area is 595 Å². The molecule has 0 N–H and O–H groups in total. The van der Waals surface area contributed by atoms with E-state index in [1.807, 2.05) is 0 Å². The molecule has 3 heterocycles. The summed E-state index contributed by atoms with van der Waals surface area (Å²) in [5, 5.41) is 19.9. The van der Waals surface area contributed by atoms with Crippen LogP contribution in [0.2, 0.25) is 0 Å². The molecule has 1 aromatic heterocycles. The Morgan fingerprint density at radius 2 is 0.524 bits per heavy atom. The molecule has 0 bridgehead atoms. The fraction of sp³-hybridized carbons (Fsp3) is 0. The van der Waals surface area contributed by atoms with Gasteiger partial charge in [0.05, 0.1) is 11.4 Å². The van der Waals surface area contributed by atoms with E-state index in [9.17, 15) is 0 Å². The van der Waals surface area contributed by atoms with Crippen LogP contribution >= 0.6 is 0 Å². The van der Waals surface area contributed by atoms with E-state index in [4.69, 9.17) is 9.97 Å². The van der Waals surface area contributed by atoms with Crippen LogP contribution in [0.4, 0.5) is 34.1 Å². The van der Waals surface area contributed by atoms with Gasteiger partial charge in [-0.05, 0) is 191 Å². The van der Waals surface area contributed by atoms with Crippen molar-refractivity contribution >= 4 is 143 Å². The van der Waals surface area contributed by atoms with Gasteiger partial charge in [-0.15, -0.1) is 0 Å². The van der Waals surface area contributed by atoms with Gasteiger partial charge in [-0.2, -0.15) is 0 Å². The van der Waals surface area contributed by atoms with E-state index in [1.54, 1.807) is 0 Å². The number of nitrogens with zero attached hydrogens (tertiary/aromatic N) is 4. The summed E-state index contributed by atoms with van der Waals surface area (Å²) in [7, 11) is 0. The van der Waals surface area contributed by atoms with Crippen LogP contribution in [0.15, 0.2) is 358 Å². The monoisotopic (exact) mass is 1300 g/mol. The van der Waals surface area contributed by atoms with Gasteiger partial charge in [-0.3, -0.25) is 0 Å². The molecule has 0 atom stereocenters. The van der Waals surface area contributed by atoms with Gasteiger partial charge in [0.25, 0.3) is 6.71 Å². The van der Waals surface area contributed by atoms with Gasteiger partial charge in [0.2, 0.25) is 0 Å². The Hall–Kier alpha value is -13.5. The van der Waals surface area contributed by atoms with Crippen molar-refractivity contribution in [1.29, 1.82) is 0 Å². The lowest BCUT2D eigenvalue weighted by molar-refractivity contribution is 1.18. The first-order valence-corrected chi connectivity index (χ1v) is 35.6. The zero-order chi connectivity index (χ0) is 67.4. The number of hydrogen-bond donors (Lipinski definition) is 0. The topological polar surface area (TPSA) is 32.3 Å². The van der Waals surface area contributed by atoms with Crippen molar-refractivity contribution in [2.75, 3.05) is 9.80 Å². The van der Waals surface area contributed by atoms with Crippen LogP contribution < -0.4 is 26.2 Å². The standard InChI is InChI=1S/C98H59BN4/c1-7-25-60(26-8-1)68-49-69(61-27-9-2-10-28-61)52-73(51-68)102-89-55-72(88-59-87(64-33-15-5-16-34-64)100-98(101-88)67-35-17-6-18-36-67)56-90-95(89)99(85-57-83-79-43-21-39-65-37-19-41-75(91(65)79)77-45-23-47-81(93(77)83)96(85)102)86-58-84-80-44-22-40-66-38-20-42-76(92(66)80)78-46-24-48-82(94(78)84)97(86)103(90)74-53-70(62-29-11-3-12-30-62)50-71(54-74)63-31-13-4-14-32-63/h1-59H. The maximum atomic E-state index is 5.78. The van der Waals surface area contributed by atoms with E-state index < -0.39 is 0 Å². The molecule has 5 heteroatoms. The van der Waals surface area contributed by atoms with Gasteiger partial charge in [-0.25, -0.2) is 9.97 Å². The minimum Gasteiger partial charge on any atom is -0.311 e. The van der Waals surface area contributed by atoms with Crippen molar-refractivity contribution in [3.8, 4) is 78.4 Å². The van der Waals surface area contributed by atoms with Crippen molar-refractivity contribution in [3.63, 3.8) is 0 Å². The first-order chi connectivity index (χ1) is 51.1. The molecule has 0 fully saturated rings. The summed E-state index contributed by atoms with van der Waals surface area (Å²) in [6.45, 7) is -0.320. The lowest BCUT2D eigenvalue weighted by Gasteiger charge is -2.46. The molecule has 0 aliphatic carbocycles. The molecule has 2 aliphatic rings. The second-order valence-corrected chi connectivity index (χ2v) is 27.8. The molecule has 22 rings (SSSR count). The van der Waals surface area contributed by atoms with Crippen molar-refractivity contribution < 1.29 is 0 Å². The summed E-state index contributed by atoms with van der Waals surface area (Å²) >= 11 is 0. The van der Waals surface area contributed by atoms with E-state index in [0.29, 0.717) is 5.82 Å². The quantitative estimate of drug-likeness (QED) is 0.0819. The highest BCUT2D eigenvalue weighted by molar-refractivity contribution is 7.01. The van der Waals surface area contributed by atoms with Crippen molar-refractivity contribution in [3.05, 3.63) is 358 Å². The summed E-state index contributed by atoms with van der Waals surface area (Å²) < 4.78 is 0. The molecule has 0 saturated heterocycles. The van der Waals surface area contributed by atoms with Crippen molar-refractivity contribution in [2.24, 2.45) is 0 Å². The molecule has 19 aromatic carbocycles. The van der Waals surface area contributed by atoms with Crippen LogP contribution in [0.5, 0.6) is 0 Å². The van der Waals surface area contributed by atoms with Crippen LogP contribution in [0.25, 0.3) is 165 Å². The van der Waals surface area contributed by atoms with E-state index in [2.05, 4.69) is 368 Å². The predicted molar refractivity (Wildman–Crippen MR) is 437 cm³/mol. The van der Waals surface area contributed by atoms with Crippen LogP contribution in [0.3, 0.4) is 0 Å². The number of rotatable bonds is 9. The van der Waals surface area contributed by atoms with Gasteiger partial charge >= 0.3 is 0 Å². The molecule has 2 aliphatic heterocycles. The van der Waals surface area contributed by atoms with Crippen molar-refractivity contribution in [2.45, 2.75) is 0 Å². The third-order valence-corrected chi connectivity index (χ3v) is 22.2. The largest absolute Gasteiger partial charge is 0.311 e. The molecule has 20 aromatic rings.